The summed E-state index contributed by atoms with van der Waals surface area (Å²) in [6.45, 7) is 1.47. The third kappa shape index (κ3) is 2.20. The van der Waals surface area contributed by atoms with E-state index >= 15 is 0 Å². The average molecular weight is 232 g/mol. The topological polar surface area (TPSA) is 35.5 Å². The van der Waals surface area contributed by atoms with Crippen molar-refractivity contribution in [2.75, 3.05) is 13.2 Å². The fourth-order valence-corrected chi connectivity index (χ4v) is 2.49. The van der Waals surface area contributed by atoms with Crippen LogP contribution in [0.2, 0.25) is 0 Å². The molecule has 1 aliphatic carbocycles. The first-order valence-electron chi connectivity index (χ1n) is 6.23. The van der Waals surface area contributed by atoms with Gasteiger partial charge in [-0.2, -0.15) is 0 Å². The summed E-state index contributed by atoms with van der Waals surface area (Å²) in [5.41, 5.74) is 1.99. The number of hydrogen-bond donors (Lipinski definition) is 0. The van der Waals surface area contributed by atoms with Crippen LogP contribution in [0.15, 0.2) is 18.2 Å². The zero-order valence-electron chi connectivity index (χ0n) is 9.78. The van der Waals surface area contributed by atoms with Crippen LogP contribution in [-0.2, 0) is 11.2 Å². The van der Waals surface area contributed by atoms with Gasteiger partial charge in [0.1, 0.15) is 12.4 Å². The predicted octanol–water partition coefficient (Wildman–Crippen LogP) is 2.37. The van der Waals surface area contributed by atoms with Crippen LogP contribution >= 0.6 is 0 Å². The summed E-state index contributed by atoms with van der Waals surface area (Å²) in [6, 6.07) is 5.77. The number of ketones is 1. The molecule has 0 spiro atoms. The number of rotatable bonds is 3. The second-order valence-electron chi connectivity index (χ2n) is 4.69. The van der Waals surface area contributed by atoms with E-state index in [0.29, 0.717) is 13.0 Å². The lowest BCUT2D eigenvalue weighted by molar-refractivity contribution is 0.0679. The van der Waals surface area contributed by atoms with Gasteiger partial charge in [0, 0.05) is 18.6 Å². The van der Waals surface area contributed by atoms with Gasteiger partial charge in [0.2, 0.25) is 0 Å². The summed E-state index contributed by atoms with van der Waals surface area (Å²) in [7, 11) is 0. The van der Waals surface area contributed by atoms with Crippen molar-refractivity contribution in [2.45, 2.75) is 31.8 Å². The molecule has 90 valence electrons. The highest BCUT2D eigenvalue weighted by Crippen LogP contribution is 2.26. The molecule has 1 unspecified atom stereocenters. The zero-order valence-corrected chi connectivity index (χ0v) is 9.78. The molecule has 0 saturated carbocycles. The Bertz CT molecular complexity index is 433. The van der Waals surface area contributed by atoms with Crippen LogP contribution < -0.4 is 4.74 Å². The van der Waals surface area contributed by atoms with E-state index in [9.17, 15) is 4.79 Å². The molecular formula is C14H16O3. The number of carbonyl (C=O) groups is 1. The molecule has 3 heteroatoms. The van der Waals surface area contributed by atoms with Crippen LogP contribution in [0.1, 0.15) is 35.2 Å². The highest BCUT2D eigenvalue weighted by molar-refractivity contribution is 6.00. The molecule has 1 heterocycles. The lowest BCUT2D eigenvalue weighted by Gasteiger charge is -2.12. The molecule has 1 aromatic carbocycles. The van der Waals surface area contributed by atoms with E-state index in [0.717, 1.165) is 42.7 Å². The number of fused-ring (bicyclic) bond motifs is 1. The molecule has 3 nitrogen and oxygen atoms in total. The summed E-state index contributed by atoms with van der Waals surface area (Å²) in [6.07, 6.45) is 3.95. The monoisotopic (exact) mass is 232 g/mol. The second-order valence-corrected chi connectivity index (χ2v) is 4.69. The number of benzene rings is 1. The van der Waals surface area contributed by atoms with Crippen LogP contribution in [0, 0.1) is 0 Å². The SMILES string of the molecule is O=C1CCc2cc(OCC3CCCO3)ccc21. The van der Waals surface area contributed by atoms with Crippen molar-refractivity contribution in [3.63, 3.8) is 0 Å². The molecule has 2 aliphatic rings. The highest BCUT2D eigenvalue weighted by Gasteiger charge is 2.20. The van der Waals surface area contributed by atoms with Crippen molar-refractivity contribution < 1.29 is 14.3 Å². The second kappa shape index (κ2) is 4.49. The molecule has 1 saturated heterocycles. The van der Waals surface area contributed by atoms with E-state index in [2.05, 4.69) is 0 Å². The Morgan fingerprint density at radius 2 is 2.29 bits per heavy atom. The van der Waals surface area contributed by atoms with Crippen molar-refractivity contribution in [1.82, 2.24) is 0 Å². The number of aryl methyl sites for hydroxylation is 1. The van der Waals surface area contributed by atoms with Crippen molar-refractivity contribution >= 4 is 5.78 Å². The van der Waals surface area contributed by atoms with Crippen LogP contribution in [0.5, 0.6) is 5.75 Å². The predicted molar refractivity (Wildman–Crippen MR) is 63.6 cm³/mol. The standard InChI is InChI=1S/C14H16O3/c15-14-6-3-10-8-11(4-5-13(10)14)17-9-12-2-1-7-16-12/h4-5,8,12H,1-3,6-7,9H2. The molecule has 3 rings (SSSR count). The summed E-state index contributed by atoms with van der Waals surface area (Å²) in [4.78, 5) is 11.5. The number of carbonyl (C=O) groups excluding carboxylic acids is 1. The van der Waals surface area contributed by atoms with Crippen LogP contribution in [0.25, 0.3) is 0 Å². The van der Waals surface area contributed by atoms with Crippen molar-refractivity contribution in [1.29, 1.82) is 0 Å². The van der Waals surface area contributed by atoms with Gasteiger partial charge in [-0.25, -0.2) is 0 Å². The Morgan fingerprint density at radius 1 is 1.35 bits per heavy atom. The largest absolute Gasteiger partial charge is 0.491 e. The number of Topliss-reactive ketones (excluding diaryl/α,β-unsaturated/α-hetero) is 1. The molecule has 0 aromatic heterocycles. The van der Waals surface area contributed by atoms with Gasteiger partial charge in [0.05, 0.1) is 6.10 Å². The Kier molecular flexibility index (Phi) is 2.85. The third-order valence-corrected chi connectivity index (χ3v) is 3.46. The van der Waals surface area contributed by atoms with Crippen LogP contribution in [0.4, 0.5) is 0 Å². The summed E-state index contributed by atoms with van der Waals surface area (Å²) < 4.78 is 11.2. The molecule has 1 aliphatic heterocycles. The Morgan fingerprint density at radius 3 is 3.12 bits per heavy atom. The fraction of sp³-hybridized carbons (Fsp3) is 0.500. The summed E-state index contributed by atoms with van der Waals surface area (Å²) in [5.74, 6) is 1.11. The molecule has 1 atom stereocenters. The quantitative estimate of drug-likeness (QED) is 0.802. The molecule has 1 aromatic rings. The van der Waals surface area contributed by atoms with Gasteiger partial charge < -0.3 is 9.47 Å². The lowest BCUT2D eigenvalue weighted by atomic mass is 10.1. The van der Waals surface area contributed by atoms with Gasteiger partial charge in [-0.1, -0.05) is 0 Å². The first-order chi connectivity index (χ1) is 8.33. The molecule has 0 amide bonds. The smallest absolute Gasteiger partial charge is 0.163 e. The maximum atomic E-state index is 11.5. The van der Waals surface area contributed by atoms with E-state index in [-0.39, 0.29) is 11.9 Å². The van der Waals surface area contributed by atoms with E-state index in [1.165, 1.54) is 0 Å². The Balaban J connectivity index is 1.66. The van der Waals surface area contributed by atoms with E-state index in [4.69, 9.17) is 9.47 Å². The van der Waals surface area contributed by atoms with E-state index < -0.39 is 0 Å². The van der Waals surface area contributed by atoms with Gasteiger partial charge >= 0.3 is 0 Å². The molecule has 0 N–H and O–H groups in total. The maximum absolute atomic E-state index is 11.5. The van der Waals surface area contributed by atoms with Gasteiger partial charge in [-0.15, -0.1) is 0 Å². The molecule has 0 bridgehead atoms. The van der Waals surface area contributed by atoms with Gasteiger partial charge in [0.25, 0.3) is 0 Å². The summed E-state index contributed by atoms with van der Waals surface area (Å²) in [5, 5.41) is 0. The molecule has 1 fully saturated rings. The fourth-order valence-electron chi connectivity index (χ4n) is 2.49. The van der Waals surface area contributed by atoms with Gasteiger partial charge in [-0.05, 0) is 43.0 Å². The minimum atomic E-state index is 0.241. The normalized spacial score (nSPS) is 22.8. The zero-order chi connectivity index (χ0) is 11.7. The van der Waals surface area contributed by atoms with Gasteiger partial charge in [-0.3, -0.25) is 4.79 Å². The Hall–Kier alpha value is -1.35. The highest BCUT2D eigenvalue weighted by atomic mass is 16.5. The maximum Gasteiger partial charge on any atom is 0.163 e. The first-order valence-corrected chi connectivity index (χ1v) is 6.23. The lowest BCUT2D eigenvalue weighted by Crippen LogP contribution is -2.16. The molecule has 0 radical (unpaired) electrons. The average Bonchev–Trinajstić information content (AvgIpc) is 2.97. The number of ether oxygens (including phenoxy) is 2. The summed E-state index contributed by atoms with van der Waals surface area (Å²) >= 11 is 0. The van der Waals surface area contributed by atoms with E-state index in [1.807, 2.05) is 18.2 Å². The van der Waals surface area contributed by atoms with E-state index in [1.54, 1.807) is 0 Å². The van der Waals surface area contributed by atoms with Crippen molar-refractivity contribution in [2.24, 2.45) is 0 Å². The molecule has 17 heavy (non-hydrogen) atoms. The number of hydrogen-bond acceptors (Lipinski definition) is 3. The van der Waals surface area contributed by atoms with Gasteiger partial charge in [0.15, 0.2) is 5.78 Å². The van der Waals surface area contributed by atoms with Crippen LogP contribution in [-0.4, -0.2) is 25.1 Å². The van der Waals surface area contributed by atoms with Crippen molar-refractivity contribution in [3.8, 4) is 5.75 Å². The minimum Gasteiger partial charge on any atom is -0.491 e. The third-order valence-electron chi connectivity index (χ3n) is 3.46. The van der Waals surface area contributed by atoms with Crippen LogP contribution in [0.3, 0.4) is 0 Å². The molecular weight excluding hydrogens is 216 g/mol. The minimum absolute atomic E-state index is 0.241. The van der Waals surface area contributed by atoms with Crippen molar-refractivity contribution in [3.05, 3.63) is 29.3 Å². The Labute approximate surface area is 101 Å². The first kappa shape index (κ1) is 10.8.